The topological polar surface area (TPSA) is 29.9 Å². The van der Waals surface area contributed by atoms with E-state index in [2.05, 4.69) is 67.6 Å². The molecule has 2 aromatic rings. The van der Waals surface area contributed by atoms with Gasteiger partial charge in [-0.2, -0.15) is 5.10 Å². The fourth-order valence-electron chi connectivity index (χ4n) is 3.15. The maximum Gasteiger partial charge on any atom is 0.0596 e. The van der Waals surface area contributed by atoms with Crippen molar-refractivity contribution >= 4 is 0 Å². The van der Waals surface area contributed by atoms with Crippen LogP contribution in [0.25, 0.3) is 0 Å². The zero-order valence-corrected chi connectivity index (χ0v) is 13.6. The average Bonchev–Trinajstić information content (AvgIpc) is 2.79. The number of hydrogen-bond donors (Lipinski definition) is 1. The molecule has 0 saturated heterocycles. The fraction of sp³-hybridized carbons (Fsp3) is 0.500. The van der Waals surface area contributed by atoms with Crippen LogP contribution < -0.4 is 5.32 Å². The van der Waals surface area contributed by atoms with Gasteiger partial charge in [-0.3, -0.25) is 4.68 Å². The summed E-state index contributed by atoms with van der Waals surface area (Å²) in [4.78, 5) is 0. The Kier molecular flexibility index (Phi) is 5.57. The Bertz CT molecular complexity index is 545. The highest BCUT2D eigenvalue weighted by Crippen LogP contribution is 2.25. The molecule has 3 heteroatoms. The minimum absolute atomic E-state index is 0.442. The minimum Gasteiger partial charge on any atom is -0.313 e. The van der Waals surface area contributed by atoms with E-state index in [9.17, 15) is 0 Å². The maximum atomic E-state index is 4.47. The van der Waals surface area contributed by atoms with E-state index in [1.807, 2.05) is 11.7 Å². The second-order valence-electron chi connectivity index (χ2n) is 5.69. The predicted octanol–water partition coefficient (Wildman–Crippen LogP) is 3.44. The van der Waals surface area contributed by atoms with Gasteiger partial charge in [0.15, 0.2) is 0 Å². The molecule has 0 spiro atoms. The van der Waals surface area contributed by atoms with E-state index >= 15 is 0 Å². The molecule has 0 fully saturated rings. The number of nitrogens with one attached hydrogen (secondary N) is 1. The molecule has 21 heavy (non-hydrogen) atoms. The van der Waals surface area contributed by atoms with Crippen LogP contribution in [0.2, 0.25) is 0 Å². The monoisotopic (exact) mass is 285 g/mol. The molecule has 1 N–H and O–H groups in total. The van der Waals surface area contributed by atoms with Gasteiger partial charge < -0.3 is 5.32 Å². The maximum absolute atomic E-state index is 4.47. The van der Waals surface area contributed by atoms with Crippen LogP contribution in [0.5, 0.6) is 0 Å². The Hall–Kier alpha value is -1.61. The minimum atomic E-state index is 0.442. The van der Waals surface area contributed by atoms with E-state index in [1.54, 1.807) is 0 Å². The van der Waals surface area contributed by atoms with Crippen LogP contribution in [0.3, 0.4) is 0 Å². The molecule has 114 valence electrons. The molecule has 0 aliphatic carbocycles. The zero-order valence-electron chi connectivity index (χ0n) is 13.6. The third-order valence-corrected chi connectivity index (χ3v) is 4.15. The van der Waals surface area contributed by atoms with Gasteiger partial charge in [-0.15, -0.1) is 0 Å². The summed E-state index contributed by atoms with van der Waals surface area (Å²) in [5, 5.41) is 8.15. The van der Waals surface area contributed by atoms with Gasteiger partial charge in [-0.05, 0) is 37.4 Å². The molecule has 0 bridgehead atoms. The number of aromatic nitrogens is 2. The number of rotatable bonds is 7. The summed E-state index contributed by atoms with van der Waals surface area (Å²) in [6.07, 6.45) is 2.15. The first kappa shape index (κ1) is 15.8. The standard InChI is InChI=1S/C18H27N3/c1-5-17(15-10-8-7-9-11-15)18(19-6-2)13-16-12-14(3)20-21(16)4/h7-12,17-19H,5-6,13H2,1-4H3. The first-order valence-corrected chi connectivity index (χ1v) is 7.93. The van der Waals surface area contributed by atoms with Crippen LogP contribution in [-0.4, -0.2) is 22.4 Å². The molecule has 2 atom stereocenters. The number of nitrogens with zero attached hydrogens (tertiary/aromatic N) is 2. The van der Waals surface area contributed by atoms with Gasteiger partial charge in [0.2, 0.25) is 0 Å². The lowest BCUT2D eigenvalue weighted by molar-refractivity contribution is 0.419. The van der Waals surface area contributed by atoms with Crippen LogP contribution in [-0.2, 0) is 13.5 Å². The van der Waals surface area contributed by atoms with Gasteiger partial charge >= 0.3 is 0 Å². The second kappa shape index (κ2) is 7.41. The van der Waals surface area contributed by atoms with Crippen molar-refractivity contribution in [3.63, 3.8) is 0 Å². The smallest absolute Gasteiger partial charge is 0.0596 e. The van der Waals surface area contributed by atoms with Gasteiger partial charge in [-0.1, -0.05) is 44.2 Å². The average molecular weight is 285 g/mol. The van der Waals surface area contributed by atoms with Crippen molar-refractivity contribution in [1.82, 2.24) is 15.1 Å². The van der Waals surface area contributed by atoms with Gasteiger partial charge in [0.25, 0.3) is 0 Å². The summed E-state index contributed by atoms with van der Waals surface area (Å²) in [5.74, 6) is 0.529. The van der Waals surface area contributed by atoms with E-state index in [0.29, 0.717) is 12.0 Å². The normalized spacial score (nSPS) is 14.1. The molecule has 0 aliphatic heterocycles. The van der Waals surface area contributed by atoms with E-state index in [1.165, 1.54) is 11.3 Å². The van der Waals surface area contributed by atoms with Crippen molar-refractivity contribution in [3.05, 3.63) is 53.3 Å². The molecular formula is C18H27N3. The van der Waals surface area contributed by atoms with Gasteiger partial charge in [-0.25, -0.2) is 0 Å². The first-order valence-electron chi connectivity index (χ1n) is 7.93. The third kappa shape index (κ3) is 3.94. The quantitative estimate of drug-likeness (QED) is 0.844. The van der Waals surface area contributed by atoms with Crippen molar-refractivity contribution < 1.29 is 0 Å². The van der Waals surface area contributed by atoms with Crippen LogP contribution in [0.15, 0.2) is 36.4 Å². The lowest BCUT2D eigenvalue weighted by Crippen LogP contribution is -2.37. The fourth-order valence-corrected chi connectivity index (χ4v) is 3.15. The summed E-state index contributed by atoms with van der Waals surface area (Å²) < 4.78 is 2.01. The molecular weight excluding hydrogens is 258 g/mol. The highest BCUT2D eigenvalue weighted by Gasteiger charge is 2.22. The molecule has 0 saturated carbocycles. The Morgan fingerprint density at radius 2 is 1.90 bits per heavy atom. The lowest BCUT2D eigenvalue weighted by atomic mass is 9.86. The summed E-state index contributed by atoms with van der Waals surface area (Å²) in [5.41, 5.74) is 3.81. The van der Waals surface area contributed by atoms with E-state index in [4.69, 9.17) is 0 Å². The summed E-state index contributed by atoms with van der Waals surface area (Å²) in [6, 6.07) is 13.5. The van der Waals surface area contributed by atoms with Gasteiger partial charge in [0.05, 0.1) is 5.69 Å². The Morgan fingerprint density at radius 3 is 2.43 bits per heavy atom. The summed E-state index contributed by atoms with van der Waals surface area (Å²) >= 11 is 0. The number of likely N-dealkylation sites (N-methyl/N-ethyl adjacent to an activating group) is 1. The van der Waals surface area contributed by atoms with E-state index in [0.717, 1.165) is 25.1 Å². The molecule has 0 amide bonds. The van der Waals surface area contributed by atoms with Crippen molar-refractivity contribution in [2.45, 2.75) is 45.6 Å². The molecule has 2 rings (SSSR count). The largest absolute Gasteiger partial charge is 0.313 e. The zero-order chi connectivity index (χ0) is 15.2. The van der Waals surface area contributed by atoms with Crippen LogP contribution in [0.4, 0.5) is 0 Å². The molecule has 1 aromatic carbocycles. The van der Waals surface area contributed by atoms with Crippen LogP contribution in [0.1, 0.15) is 43.1 Å². The second-order valence-corrected chi connectivity index (χ2v) is 5.69. The lowest BCUT2D eigenvalue weighted by Gasteiger charge is -2.27. The van der Waals surface area contributed by atoms with Crippen LogP contribution in [0, 0.1) is 6.92 Å². The summed E-state index contributed by atoms with van der Waals surface area (Å²) in [7, 11) is 2.04. The SMILES string of the molecule is CCNC(Cc1cc(C)nn1C)C(CC)c1ccccc1. The Labute approximate surface area is 128 Å². The van der Waals surface area contributed by atoms with E-state index in [-0.39, 0.29) is 0 Å². The molecule has 1 aromatic heterocycles. The molecule has 3 nitrogen and oxygen atoms in total. The van der Waals surface area contributed by atoms with E-state index < -0.39 is 0 Å². The highest BCUT2D eigenvalue weighted by molar-refractivity contribution is 5.22. The third-order valence-electron chi connectivity index (χ3n) is 4.15. The predicted molar refractivity (Wildman–Crippen MR) is 88.6 cm³/mol. The first-order chi connectivity index (χ1) is 10.2. The van der Waals surface area contributed by atoms with Crippen molar-refractivity contribution in [2.75, 3.05) is 6.54 Å². The Morgan fingerprint density at radius 1 is 1.19 bits per heavy atom. The number of aryl methyl sites for hydroxylation is 2. The summed E-state index contributed by atoms with van der Waals surface area (Å²) in [6.45, 7) is 7.50. The highest BCUT2D eigenvalue weighted by atomic mass is 15.3. The van der Waals surface area contributed by atoms with Gasteiger partial charge in [0, 0.05) is 25.2 Å². The van der Waals surface area contributed by atoms with Gasteiger partial charge in [0.1, 0.15) is 0 Å². The molecule has 2 unspecified atom stereocenters. The Balaban J connectivity index is 2.22. The van der Waals surface area contributed by atoms with Crippen molar-refractivity contribution in [1.29, 1.82) is 0 Å². The van der Waals surface area contributed by atoms with Crippen molar-refractivity contribution in [3.8, 4) is 0 Å². The molecule has 0 aliphatic rings. The van der Waals surface area contributed by atoms with Crippen molar-refractivity contribution in [2.24, 2.45) is 7.05 Å². The molecule has 1 heterocycles. The molecule has 0 radical (unpaired) electrons. The van der Waals surface area contributed by atoms with Crippen LogP contribution >= 0.6 is 0 Å². The number of hydrogen-bond acceptors (Lipinski definition) is 2. The number of benzene rings is 1.